The molecule has 0 bridgehead atoms. The standard InChI is InChI=1S/C25H24N2O4/c1-18(28)26-23(21-10-6-3-7-11-21)16-25(30)31-17-24(29)27-22-14-12-20(13-15-22)19-8-4-2-5-9-19/h2-15,23H,16-17H2,1H3,(H,26,28)(H,27,29). The first-order valence-electron chi connectivity index (χ1n) is 9.94. The fourth-order valence-corrected chi connectivity index (χ4v) is 3.13. The number of anilines is 1. The molecule has 0 aromatic heterocycles. The average Bonchev–Trinajstić information content (AvgIpc) is 2.79. The van der Waals surface area contributed by atoms with Gasteiger partial charge in [0.15, 0.2) is 6.61 Å². The third-order valence-electron chi connectivity index (χ3n) is 4.59. The highest BCUT2D eigenvalue weighted by molar-refractivity contribution is 5.93. The Hall–Kier alpha value is -3.93. The summed E-state index contributed by atoms with van der Waals surface area (Å²) in [5.74, 6) is -1.26. The van der Waals surface area contributed by atoms with Gasteiger partial charge in [-0.25, -0.2) is 0 Å². The molecule has 2 amide bonds. The van der Waals surface area contributed by atoms with Crippen LogP contribution in [-0.4, -0.2) is 24.4 Å². The van der Waals surface area contributed by atoms with Gasteiger partial charge in [-0.05, 0) is 28.8 Å². The normalized spacial score (nSPS) is 11.3. The molecular formula is C25H24N2O4. The van der Waals surface area contributed by atoms with Gasteiger partial charge in [-0.3, -0.25) is 14.4 Å². The van der Waals surface area contributed by atoms with Crippen molar-refractivity contribution in [2.75, 3.05) is 11.9 Å². The molecule has 0 aliphatic heterocycles. The van der Waals surface area contributed by atoms with Gasteiger partial charge in [0, 0.05) is 12.6 Å². The summed E-state index contributed by atoms with van der Waals surface area (Å²) in [6, 6.07) is 25.9. The topological polar surface area (TPSA) is 84.5 Å². The van der Waals surface area contributed by atoms with Crippen molar-refractivity contribution in [1.29, 1.82) is 0 Å². The number of benzene rings is 3. The van der Waals surface area contributed by atoms with Gasteiger partial charge < -0.3 is 15.4 Å². The summed E-state index contributed by atoms with van der Waals surface area (Å²) in [5.41, 5.74) is 3.52. The molecule has 158 valence electrons. The third-order valence-corrected chi connectivity index (χ3v) is 4.59. The van der Waals surface area contributed by atoms with Crippen LogP contribution in [0.1, 0.15) is 24.9 Å². The number of hydrogen-bond acceptors (Lipinski definition) is 4. The van der Waals surface area contributed by atoms with Crippen molar-refractivity contribution in [2.45, 2.75) is 19.4 Å². The van der Waals surface area contributed by atoms with Crippen LogP contribution in [0.3, 0.4) is 0 Å². The predicted molar refractivity (Wildman–Crippen MR) is 119 cm³/mol. The Bertz CT molecular complexity index is 1020. The molecule has 0 saturated heterocycles. The number of rotatable bonds is 8. The smallest absolute Gasteiger partial charge is 0.308 e. The van der Waals surface area contributed by atoms with Gasteiger partial charge in [-0.2, -0.15) is 0 Å². The zero-order chi connectivity index (χ0) is 22.1. The number of carbonyl (C=O) groups excluding carboxylic acids is 3. The van der Waals surface area contributed by atoms with Crippen LogP contribution in [-0.2, 0) is 19.1 Å². The van der Waals surface area contributed by atoms with Crippen LogP contribution in [0, 0.1) is 0 Å². The molecule has 0 saturated carbocycles. The van der Waals surface area contributed by atoms with E-state index in [0.717, 1.165) is 16.7 Å². The lowest BCUT2D eigenvalue weighted by molar-refractivity contribution is -0.148. The summed E-state index contributed by atoms with van der Waals surface area (Å²) in [7, 11) is 0. The maximum Gasteiger partial charge on any atom is 0.308 e. The van der Waals surface area contributed by atoms with E-state index in [-0.39, 0.29) is 12.3 Å². The highest BCUT2D eigenvalue weighted by atomic mass is 16.5. The Labute approximate surface area is 181 Å². The van der Waals surface area contributed by atoms with E-state index in [1.54, 1.807) is 12.1 Å². The minimum absolute atomic E-state index is 0.0668. The van der Waals surface area contributed by atoms with E-state index in [1.165, 1.54) is 6.92 Å². The van der Waals surface area contributed by atoms with Gasteiger partial charge in [-0.15, -0.1) is 0 Å². The molecule has 0 aliphatic rings. The molecule has 1 unspecified atom stereocenters. The molecule has 6 heteroatoms. The second-order valence-electron chi connectivity index (χ2n) is 7.02. The SMILES string of the molecule is CC(=O)NC(CC(=O)OCC(=O)Nc1ccc(-c2ccccc2)cc1)c1ccccc1. The molecule has 6 nitrogen and oxygen atoms in total. The highest BCUT2D eigenvalue weighted by Gasteiger charge is 2.18. The summed E-state index contributed by atoms with van der Waals surface area (Å²) in [5, 5.41) is 5.44. The van der Waals surface area contributed by atoms with Gasteiger partial charge in [0.1, 0.15) is 0 Å². The van der Waals surface area contributed by atoms with E-state index < -0.39 is 24.5 Å². The summed E-state index contributed by atoms with van der Waals surface area (Å²) in [6.07, 6.45) is -0.0668. The summed E-state index contributed by atoms with van der Waals surface area (Å²) < 4.78 is 5.10. The molecule has 0 spiro atoms. The quantitative estimate of drug-likeness (QED) is 0.542. The minimum atomic E-state index is -0.572. The van der Waals surface area contributed by atoms with E-state index in [0.29, 0.717) is 5.69 Å². The van der Waals surface area contributed by atoms with Crippen LogP contribution in [0.2, 0.25) is 0 Å². The van der Waals surface area contributed by atoms with E-state index in [2.05, 4.69) is 10.6 Å². The first-order valence-corrected chi connectivity index (χ1v) is 9.94. The second-order valence-corrected chi connectivity index (χ2v) is 7.02. The van der Waals surface area contributed by atoms with Gasteiger partial charge in [0.25, 0.3) is 5.91 Å². The van der Waals surface area contributed by atoms with Gasteiger partial charge in [0.2, 0.25) is 5.91 Å². The monoisotopic (exact) mass is 416 g/mol. The Morgan fingerprint density at radius 1 is 0.806 bits per heavy atom. The number of esters is 1. The van der Waals surface area contributed by atoms with Gasteiger partial charge in [-0.1, -0.05) is 72.8 Å². The summed E-state index contributed by atoms with van der Waals surface area (Å²) in [4.78, 5) is 35.8. The number of nitrogens with one attached hydrogen (secondary N) is 2. The molecule has 3 aromatic rings. The van der Waals surface area contributed by atoms with Gasteiger partial charge in [0.05, 0.1) is 12.5 Å². The molecule has 1 atom stereocenters. The number of amides is 2. The van der Waals surface area contributed by atoms with Crippen molar-refractivity contribution in [1.82, 2.24) is 5.32 Å². The van der Waals surface area contributed by atoms with E-state index in [4.69, 9.17) is 4.74 Å². The molecule has 0 aliphatic carbocycles. The number of ether oxygens (including phenoxy) is 1. The van der Waals surface area contributed by atoms with Crippen LogP contribution < -0.4 is 10.6 Å². The fourth-order valence-electron chi connectivity index (χ4n) is 3.13. The number of carbonyl (C=O) groups is 3. The van der Waals surface area contributed by atoms with Crippen molar-refractivity contribution >= 4 is 23.5 Å². The van der Waals surface area contributed by atoms with Crippen LogP contribution in [0.25, 0.3) is 11.1 Å². The molecule has 2 N–H and O–H groups in total. The number of hydrogen-bond donors (Lipinski definition) is 2. The fraction of sp³-hybridized carbons (Fsp3) is 0.160. The Balaban J connectivity index is 1.50. The average molecular weight is 416 g/mol. The first-order chi connectivity index (χ1) is 15.0. The van der Waals surface area contributed by atoms with Crippen LogP contribution in [0.4, 0.5) is 5.69 Å². The van der Waals surface area contributed by atoms with Crippen molar-refractivity contribution in [3.05, 3.63) is 90.5 Å². The molecule has 31 heavy (non-hydrogen) atoms. The lowest BCUT2D eigenvalue weighted by atomic mass is 10.0. The van der Waals surface area contributed by atoms with Crippen molar-refractivity contribution in [2.24, 2.45) is 0 Å². The van der Waals surface area contributed by atoms with Crippen LogP contribution in [0.15, 0.2) is 84.9 Å². The summed E-state index contributed by atoms with van der Waals surface area (Å²) in [6.45, 7) is 0.985. The zero-order valence-corrected chi connectivity index (χ0v) is 17.2. The first kappa shape index (κ1) is 21.8. The predicted octanol–water partition coefficient (Wildman–Crippen LogP) is 4.10. The molecule has 0 radical (unpaired) electrons. The molecule has 0 fully saturated rings. The maximum absolute atomic E-state index is 12.2. The van der Waals surface area contributed by atoms with Crippen LogP contribution in [0.5, 0.6) is 0 Å². The van der Waals surface area contributed by atoms with Crippen molar-refractivity contribution < 1.29 is 19.1 Å². The van der Waals surface area contributed by atoms with Crippen molar-refractivity contribution in [3.8, 4) is 11.1 Å². The largest absolute Gasteiger partial charge is 0.455 e. The summed E-state index contributed by atoms with van der Waals surface area (Å²) >= 11 is 0. The van der Waals surface area contributed by atoms with E-state index in [9.17, 15) is 14.4 Å². The van der Waals surface area contributed by atoms with E-state index >= 15 is 0 Å². The lowest BCUT2D eigenvalue weighted by Crippen LogP contribution is -2.29. The zero-order valence-electron chi connectivity index (χ0n) is 17.2. The Morgan fingerprint density at radius 2 is 1.39 bits per heavy atom. The lowest BCUT2D eigenvalue weighted by Gasteiger charge is -2.17. The van der Waals surface area contributed by atoms with E-state index in [1.807, 2.05) is 72.8 Å². The second kappa shape index (κ2) is 10.7. The van der Waals surface area contributed by atoms with Crippen LogP contribution >= 0.6 is 0 Å². The van der Waals surface area contributed by atoms with Gasteiger partial charge >= 0.3 is 5.97 Å². The maximum atomic E-state index is 12.2. The molecule has 0 heterocycles. The Morgan fingerprint density at radius 3 is 2.00 bits per heavy atom. The molecule has 3 aromatic carbocycles. The highest BCUT2D eigenvalue weighted by Crippen LogP contribution is 2.21. The Kier molecular flexibility index (Phi) is 7.54. The minimum Gasteiger partial charge on any atom is -0.455 e. The molecular weight excluding hydrogens is 392 g/mol. The van der Waals surface area contributed by atoms with Crippen molar-refractivity contribution in [3.63, 3.8) is 0 Å². The third kappa shape index (κ3) is 6.82. The molecule has 3 rings (SSSR count).